The Morgan fingerprint density at radius 2 is 0.727 bits per heavy atom. The summed E-state index contributed by atoms with van der Waals surface area (Å²) in [4.78, 5) is 71.1. The zero-order valence-corrected chi connectivity index (χ0v) is 82.6. The van der Waals surface area contributed by atoms with Crippen molar-refractivity contribution in [2.24, 2.45) is 32.8 Å². The van der Waals surface area contributed by atoms with Crippen LogP contribution in [0, 0.1) is 0 Å². The second kappa shape index (κ2) is 42.2. The largest absolute Gasteiger partial charge is 0.472 e. The first-order valence-corrected chi connectivity index (χ1v) is 50.2. The average Bonchev–Trinajstić information content (AvgIpc) is 1.62. The molecule has 1 amide bonds. The fraction of sp³-hybridized carbons (Fsp3) is 0.165. The molecule has 25 rings (SSSR count). The fourth-order valence-electron chi connectivity index (χ4n) is 19.3. The van der Waals surface area contributed by atoms with Crippen molar-refractivity contribution in [3.8, 4) is 56.4 Å². The van der Waals surface area contributed by atoms with E-state index >= 15 is 0 Å². The molecule has 13 aromatic heterocycles. The molecule has 13 heterocycles. The number of nitrogens with one attached hydrogen (secondary N) is 7. The maximum absolute atomic E-state index is 12.5. The summed E-state index contributed by atoms with van der Waals surface area (Å²) in [5.41, 5.74) is 32.1. The SMILES string of the molecule is CCn1cc(-c2nc3cnccn3c2Nc2ccc3c(c2)CC/C3=N\O)ccc1=O.CN(C)CCNC(=O)c1ccc(-c2nc3cnccn3c2Nc2ccc3c(c2)CCC3=NO)cc1.CS(=O)(=O)Nc1ccc(-c2nc3cnccn3c2Nc2ccc3c(c2)CC/C3=N\O)cc1.Cn1cccc1-c1nc2cnccn2c1Nc1ccc2c(c1)CC/C2=N\O.O/N=C1\CCc2cc(Nc3c(-c4ccoc4)nc4cnccn34)ccc21. The Bertz CT molecular complexity index is 8900. The van der Waals surface area contributed by atoms with E-state index in [2.05, 4.69) is 123 Å². The zero-order valence-electron chi connectivity index (χ0n) is 81.8. The van der Waals surface area contributed by atoms with Gasteiger partial charge in [-0.1, -0.05) is 80.4 Å². The van der Waals surface area contributed by atoms with Crippen LogP contribution in [0.25, 0.3) is 84.7 Å². The highest BCUT2D eigenvalue weighted by atomic mass is 32.2. The van der Waals surface area contributed by atoms with Crippen LogP contribution in [0.3, 0.4) is 0 Å². The Morgan fingerprint density at radius 3 is 1.05 bits per heavy atom. The van der Waals surface area contributed by atoms with Crippen LogP contribution in [0.5, 0.6) is 0 Å². The molecule has 752 valence electrons. The van der Waals surface area contributed by atoms with Crippen molar-refractivity contribution in [3.63, 3.8) is 0 Å². The molecule has 0 saturated carbocycles. The summed E-state index contributed by atoms with van der Waals surface area (Å²) in [5.74, 6) is 4.00. The molecule has 0 aliphatic heterocycles. The quantitative estimate of drug-likeness (QED) is 0.0221. The molecule has 0 unspecified atom stereocenters. The number of furan rings is 1. The Balaban J connectivity index is 0.000000110. The van der Waals surface area contributed by atoms with E-state index in [1.165, 1.54) is 11.1 Å². The van der Waals surface area contributed by atoms with Gasteiger partial charge in [0.25, 0.3) is 11.5 Å². The number of hydrogen-bond acceptors (Lipinski definition) is 31. The lowest BCUT2D eigenvalue weighted by molar-refractivity contribution is 0.0951. The Labute approximate surface area is 856 Å². The topological polar surface area (TPSA) is 493 Å². The second-order valence-electron chi connectivity index (χ2n) is 36.4. The van der Waals surface area contributed by atoms with Crippen LogP contribution < -0.4 is 42.2 Å². The lowest BCUT2D eigenvalue weighted by Crippen LogP contribution is -2.31. The number of hydrogen-bond donors (Lipinski definition) is 12. The Kier molecular flexibility index (Phi) is 27.2. The van der Waals surface area contributed by atoms with E-state index in [4.69, 9.17) is 45.2 Å². The molecule has 0 atom stereocenters. The number of carbonyl (C=O) groups excluding carboxylic acids is 1. The van der Waals surface area contributed by atoms with E-state index in [0.29, 0.717) is 52.7 Å². The number of carbonyl (C=O) groups is 1. The van der Waals surface area contributed by atoms with Crippen LogP contribution in [0.1, 0.15) is 105 Å². The van der Waals surface area contributed by atoms with E-state index in [1.807, 2.05) is 218 Å². The van der Waals surface area contributed by atoms with E-state index in [1.54, 1.807) is 103 Å². The predicted molar refractivity (Wildman–Crippen MR) is 574 cm³/mol. The Morgan fingerprint density at radius 1 is 0.400 bits per heavy atom. The number of rotatable bonds is 22. The molecule has 7 aromatic carbocycles. The van der Waals surface area contributed by atoms with Crippen molar-refractivity contribution in [1.82, 2.24) is 91.2 Å². The average molecular weight is 2020 g/mol. The maximum atomic E-state index is 12.5. The molecule has 0 bridgehead atoms. The summed E-state index contributed by atoms with van der Waals surface area (Å²) in [5, 5.41) is 83.2. The van der Waals surface area contributed by atoms with Gasteiger partial charge in [0.15, 0.2) is 28.2 Å². The molecule has 20 aromatic rings. The number of oxime groups is 5. The summed E-state index contributed by atoms with van der Waals surface area (Å²) < 4.78 is 44.1. The van der Waals surface area contributed by atoms with Crippen molar-refractivity contribution in [2.45, 2.75) is 77.7 Å². The molecule has 5 aliphatic carbocycles. The number of pyridine rings is 1. The van der Waals surface area contributed by atoms with E-state index in [9.17, 15) is 23.2 Å². The standard InChI is InChI=1S/C26H27N7O2.C22H20N6O3S.C22H20N6O2.C20H18N6O.C19H15N5O2/c1-32(2)13-12-28-26(34)18-5-3-17(4-6-18)24-25(33-14-11-27-16-23(33)30-24)29-20-8-9-21-19(15-20)7-10-22(21)31-35;1-32(30,31)27-16-5-2-14(3-6-16)21-22(28-11-10-23-13-20(28)25-21)24-17-7-8-18-15(12-17)4-9-19(18)26-29;1-2-27-13-15(4-8-20(27)29)21-22(28-10-9-23-12-19(28)25-21)24-16-5-6-17-14(11-16)3-7-18(17)26-30;1-25-9-2-3-17(25)19-20(26-10-8-21-12-18(26)23-19)22-14-5-6-15-13(11-14)4-7-16(15)24-27;25-23-16-4-1-12-9-14(2-3-15(12)16)21-19-18(13-5-8-26-11-13)22-17-10-20-6-7-24(17)19/h3-6,8-9,11,14-16,29,35H,7,10,12-13H2,1-2H3,(H,28,34);2-3,5-8,10-13,24,27,29H,4,9H2,1H3;4-6,8-13,24,30H,2-3,7H2,1H3;2-3,5-6,8-12,22,27H,4,7H2,1H3;2-3,5-11,21,25H,1,4H2/b;26-19+;26-18+;24-16+;23-16+. The lowest BCUT2D eigenvalue weighted by atomic mass is 10.1. The van der Waals surface area contributed by atoms with Gasteiger partial charge < -0.3 is 76.4 Å². The van der Waals surface area contributed by atoms with Crippen LogP contribution in [0.2, 0.25) is 0 Å². The van der Waals surface area contributed by atoms with Crippen LogP contribution in [0.4, 0.5) is 63.2 Å². The first-order valence-electron chi connectivity index (χ1n) is 48.3. The minimum Gasteiger partial charge on any atom is -0.472 e. The smallest absolute Gasteiger partial charge is 0.251 e. The number of aryl methyl sites for hydroxylation is 7. The third kappa shape index (κ3) is 20.1. The van der Waals surface area contributed by atoms with Crippen LogP contribution >= 0.6 is 0 Å². The van der Waals surface area contributed by atoms with Crippen LogP contribution in [-0.4, -0.2) is 188 Å². The van der Waals surface area contributed by atoms with Crippen molar-refractivity contribution in [1.29, 1.82) is 0 Å². The van der Waals surface area contributed by atoms with Crippen molar-refractivity contribution in [2.75, 3.05) is 64.7 Å². The summed E-state index contributed by atoms with van der Waals surface area (Å²) in [6.45, 7) is 3.90. The van der Waals surface area contributed by atoms with E-state index in [0.717, 1.165) is 264 Å². The third-order valence-electron chi connectivity index (χ3n) is 26.6. The monoisotopic (exact) mass is 2020 g/mol. The number of anilines is 11. The molecule has 0 radical (unpaired) electrons. The van der Waals surface area contributed by atoms with Crippen molar-refractivity contribution in [3.05, 3.63) is 359 Å². The zero-order chi connectivity index (χ0) is 103. The van der Waals surface area contributed by atoms with Gasteiger partial charge in [-0.3, -0.25) is 61.2 Å². The molecule has 40 nitrogen and oxygen atoms in total. The highest BCUT2D eigenvalue weighted by molar-refractivity contribution is 7.92. The lowest BCUT2D eigenvalue weighted by Gasteiger charge is -2.12. The normalized spacial score (nSPS) is 14.5. The second-order valence-corrected chi connectivity index (χ2v) is 38.2. The van der Waals surface area contributed by atoms with Gasteiger partial charge in [-0.25, -0.2) is 33.3 Å². The molecular formula is C109H100N30O10S. The van der Waals surface area contributed by atoms with Gasteiger partial charge in [-0.2, -0.15) is 0 Å². The summed E-state index contributed by atoms with van der Waals surface area (Å²) in [6, 6.07) is 54.0. The highest BCUT2D eigenvalue weighted by Gasteiger charge is 2.29. The van der Waals surface area contributed by atoms with Crippen molar-refractivity contribution < 1.29 is 43.7 Å². The van der Waals surface area contributed by atoms with Crippen molar-refractivity contribution >= 4 is 136 Å². The summed E-state index contributed by atoms with van der Waals surface area (Å²) >= 11 is 0. The molecule has 0 saturated heterocycles. The van der Waals surface area contributed by atoms with Gasteiger partial charge in [-0.05, 0) is 222 Å². The molecule has 0 spiro atoms. The predicted octanol–water partition coefficient (Wildman–Crippen LogP) is 18.1. The van der Waals surface area contributed by atoms with Crippen LogP contribution in [-0.2, 0) is 55.7 Å². The Hall–Kier alpha value is -19.3. The minimum atomic E-state index is -3.35. The van der Waals surface area contributed by atoms with Crippen LogP contribution in [0.15, 0.2) is 323 Å². The van der Waals surface area contributed by atoms with Gasteiger partial charge in [0.2, 0.25) is 10.0 Å². The van der Waals surface area contributed by atoms with E-state index in [-0.39, 0.29) is 11.5 Å². The number of sulfonamides is 1. The molecule has 12 N–H and O–H groups in total. The fourth-order valence-corrected chi connectivity index (χ4v) is 19.8. The molecule has 150 heavy (non-hydrogen) atoms. The number of imidazole rings is 5. The molecule has 5 aliphatic rings. The summed E-state index contributed by atoms with van der Waals surface area (Å²) in [6.07, 6.45) is 42.7. The molecular weight excluding hydrogens is 1920 g/mol. The minimum absolute atomic E-state index is 0.0406. The van der Waals surface area contributed by atoms with Gasteiger partial charge in [-0.15, -0.1) is 0 Å². The number of aromatic nitrogens is 17. The number of fused-ring (bicyclic) bond motifs is 10. The number of amides is 1. The van der Waals surface area contributed by atoms with Gasteiger partial charge >= 0.3 is 0 Å². The van der Waals surface area contributed by atoms with E-state index < -0.39 is 10.0 Å². The highest BCUT2D eigenvalue weighted by Crippen LogP contribution is 2.42. The number of nitrogens with zero attached hydrogens (tertiary/aromatic N) is 23. The third-order valence-corrected chi connectivity index (χ3v) is 27.2. The number of benzene rings is 7. The first-order chi connectivity index (χ1) is 73.2. The maximum Gasteiger partial charge on any atom is 0.251 e. The van der Waals surface area contributed by atoms with Gasteiger partial charge in [0.1, 0.15) is 57.6 Å². The molecule has 0 fully saturated rings. The van der Waals surface area contributed by atoms with Gasteiger partial charge in [0, 0.05) is 197 Å². The van der Waals surface area contributed by atoms with Gasteiger partial charge in [0.05, 0.1) is 84.0 Å². The number of likely N-dealkylation sites (N-methyl/N-ethyl adjacent to an activating group) is 1. The molecule has 41 heteroatoms. The summed E-state index contributed by atoms with van der Waals surface area (Å²) in [7, 11) is 2.60. The first kappa shape index (κ1) is 96.8.